The Labute approximate surface area is 167 Å². The number of nitrogens with one attached hydrogen (secondary N) is 2. The molecule has 9 heteroatoms. The van der Waals surface area contributed by atoms with Gasteiger partial charge in [0.2, 0.25) is 5.91 Å². The molecule has 2 aliphatic rings. The Morgan fingerprint density at radius 2 is 2.11 bits per heavy atom. The number of carbonyl (C=O) groups excluding carboxylic acids is 4. The number of esters is 1. The number of hydrogen-bond acceptors (Lipinski definition) is 6. The zero-order valence-corrected chi connectivity index (χ0v) is 17.3. The van der Waals surface area contributed by atoms with E-state index in [0.29, 0.717) is 22.9 Å². The van der Waals surface area contributed by atoms with Gasteiger partial charge in [-0.2, -0.15) is 0 Å². The molecule has 1 fully saturated rings. The van der Waals surface area contributed by atoms with Gasteiger partial charge in [-0.25, -0.2) is 9.59 Å². The molecule has 4 amide bonds. The second-order valence-electron chi connectivity index (χ2n) is 7.60. The summed E-state index contributed by atoms with van der Waals surface area (Å²) in [7, 11) is 1.31. The van der Waals surface area contributed by atoms with Crippen molar-refractivity contribution in [3.63, 3.8) is 0 Å². The van der Waals surface area contributed by atoms with E-state index in [9.17, 15) is 19.2 Å². The number of hydrogen-bond donors (Lipinski definition) is 2. The molecular weight excluding hydrogens is 382 g/mol. The number of ether oxygens (including phenoxy) is 1. The molecule has 1 aromatic heterocycles. The quantitative estimate of drug-likeness (QED) is 0.576. The first-order chi connectivity index (χ1) is 13.2. The Bertz CT molecular complexity index is 849. The van der Waals surface area contributed by atoms with Crippen molar-refractivity contribution in [3.05, 3.63) is 16.0 Å². The lowest BCUT2D eigenvalue weighted by atomic mass is 9.88. The Balaban J connectivity index is 1.80. The van der Waals surface area contributed by atoms with Gasteiger partial charge in [-0.1, -0.05) is 13.8 Å². The average molecular weight is 407 g/mol. The van der Waals surface area contributed by atoms with E-state index in [0.717, 1.165) is 34.6 Å². The number of fused-ring (bicyclic) bond motifs is 1. The topological polar surface area (TPSA) is 105 Å². The Morgan fingerprint density at radius 3 is 2.71 bits per heavy atom. The number of amides is 4. The smallest absolute Gasteiger partial charge is 0.341 e. The Hall–Kier alpha value is -2.42. The highest BCUT2D eigenvalue weighted by molar-refractivity contribution is 7.17. The average Bonchev–Trinajstić information content (AvgIpc) is 3.10. The van der Waals surface area contributed by atoms with Crippen LogP contribution in [0.15, 0.2) is 0 Å². The Kier molecular flexibility index (Phi) is 5.47. The van der Waals surface area contributed by atoms with Crippen molar-refractivity contribution in [3.8, 4) is 0 Å². The number of anilines is 1. The summed E-state index contributed by atoms with van der Waals surface area (Å²) in [6, 6.07) is -0.586. The molecule has 2 heterocycles. The predicted octanol–water partition coefficient (Wildman–Crippen LogP) is 2.32. The molecule has 1 aliphatic heterocycles. The van der Waals surface area contributed by atoms with Gasteiger partial charge in [-0.05, 0) is 44.1 Å². The van der Waals surface area contributed by atoms with Crippen molar-refractivity contribution in [2.45, 2.75) is 52.0 Å². The van der Waals surface area contributed by atoms with Crippen LogP contribution in [0.4, 0.5) is 9.80 Å². The van der Waals surface area contributed by atoms with Crippen molar-refractivity contribution in [2.75, 3.05) is 19.0 Å². The van der Waals surface area contributed by atoms with Crippen LogP contribution in [0.25, 0.3) is 0 Å². The maximum absolute atomic E-state index is 12.6. The Morgan fingerprint density at radius 1 is 1.39 bits per heavy atom. The minimum Gasteiger partial charge on any atom is -0.465 e. The molecule has 0 radical (unpaired) electrons. The number of thiophene rings is 1. The first-order valence-corrected chi connectivity index (χ1v) is 10.2. The van der Waals surface area contributed by atoms with E-state index >= 15 is 0 Å². The van der Waals surface area contributed by atoms with Crippen molar-refractivity contribution >= 4 is 40.2 Å². The summed E-state index contributed by atoms with van der Waals surface area (Å²) >= 11 is 1.36. The van der Waals surface area contributed by atoms with Crippen molar-refractivity contribution in [1.82, 2.24) is 10.2 Å². The van der Waals surface area contributed by atoms with Gasteiger partial charge in [0.25, 0.3) is 5.91 Å². The molecule has 0 saturated carbocycles. The van der Waals surface area contributed by atoms with Gasteiger partial charge < -0.3 is 15.4 Å². The lowest BCUT2D eigenvalue weighted by Crippen LogP contribution is -2.44. The molecule has 1 aromatic rings. The summed E-state index contributed by atoms with van der Waals surface area (Å²) in [6.45, 7) is 5.18. The van der Waals surface area contributed by atoms with Gasteiger partial charge in [0.15, 0.2) is 0 Å². The summed E-state index contributed by atoms with van der Waals surface area (Å²) in [6.07, 6.45) is 3.01. The SMILES string of the molecule is CC[C@]1(C)NC(=O)N(CC(=O)Nc2sc3c(c2C(=O)OC)CC[C@@H](C)C3)C1=O. The fourth-order valence-electron chi connectivity index (χ4n) is 3.60. The molecule has 0 unspecified atom stereocenters. The zero-order valence-electron chi connectivity index (χ0n) is 16.5. The molecule has 1 saturated heterocycles. The molecule has 3 rings (SSSR count). The van der Waals surface area contributed by atoms with E-state index in [2.05, 4.69) is 17.6 Å². The van der Waals surface area contributed by atoms with Crippen LogP contribution in [0, 0.1) is 5.92 Å². The molecule has 1 aliphatic carbocycles. The van der Waals surface area contributed by atoms with Crippen molar-refractivity contribution in [2.24, 2.45) is 5.92 Å². The third-order valence-corrected chi connectivity index (χ3v) is 6.68. The molecule has 0 spiro atoms. The fraction of sp³-hybridized carbons (Fsp3) is 0.579. The zero-order chi connectivity index (χ0) is 20.6. The van der Waals surface area contributed by atoms with Crippen LogP contribution in [-0.2, 0) is 27.2 Å². The monoisotopic (exact) mass is 407 g/mol. The van der Waals surface area contributed by atoms with Crippen LogP contribution in [0.5, 0.6) is 0 Å². The van der Waals surface area contributed by atoms with E-state index in [1.54, 1.807) is 13.8 Å². The van der Waals surface area contributed by atoms with Gasteiger partial charge in [0.05, 0.1) is 12.7 Å². The minimum atomic E-state index is -0.993. The molecule has 2 N–H and O–H groups in total. The first kappa shape index (κ1) is 20.3. The molecule has 0 bridgehead atoms. The van der Waals surface area contributed by atoms with Crippen LogP contribution in [0.3, 0.4) is 0 Å². The minimum absolute atomic E-state index is 0.387. The highest BCUT2D eigenvalue weighted by Gasteiger charge is 2.47. The molecule has 2 atom stereocenters. The molecule has 152 valence electrons. The lowest BCUT2D eigenvalue weighted by molar-refractivity contribution is -0.133. The van der Waals surface area contributed by atoms with Gasteiger partial charge in [-0.15, -0.1) is 11.3 Å². The lowest BCUT2D eigenvalue weighted by Gasteiger charge is -2.19. The fourth-order valence-corrected chi connectivity index (χ4v) is 5.01. The standard InChI is InChI=1S/C19H25N3O5S/c1-5-19(3)17(25)22(18(26)21-19)9-13(23)20-15-14(16(24)27-4)11-7-6-10(2)8-12(11)28-15/h10H,5-9H2,1-4H3,(H,20,23)(H,21,26)/t10-,19+/m1/s1. The second kappa shape index (κ2) is 7.54. The molecular formula is C19H25N3O5S. The van der Waals surface area contributed by atoms with Crippen LogP contribution in [-0.4, -0.2) is 47.9 Å². The largest absolute Gasteiger partial charge is 0.465 e. The van der Waals surface area contributed by atoms with E-state index in [-0.39, 0.29) is 0 Å². The second-order valence-corrected chi connectivity index (χ2v) is 8.71. The summed E-state index contributed by atoms with van der Waals surface area (Å²) < 4.78 is 4.91. The summed E-state index contributed by atoms with van der Waals surface area (Å²) in [5, 5.41) is 5.75. The van der Waals surface area contributed by atoms with Crippen molar-refractivity contribution < 1.29 is 23.9 Å². The van der Waals surface area contributed by atoms with Crippen LogP contribution >= 0.6 is 11.3 Å². The van der Waals surface area contributed by atoms with E-state index < -0.39 is 35.9 Å². The van der Waals surface area contributed by atoms with Crippen LogP contribution < -0.4 is 10.6 Å². The number of urea groups is 1. The summed E-state index contributed by atoms with van der Waals surface area (Å²) in [5.74, 6) is -0.933. The number of imide groups is 1. The summed E-state index contributed by atoms with van der Waals surface area (Å²) in [5.41, 5.74) is 0.323. The normalized spacial score (nSPS) is 24.0. The predicted molar refractivity (Wildman–Crippen MR) is 104 cm³/mol. The number of nitrogens with zero attached hydrogens (tertiary/aromatic N) is 1. The maximum atomic E-state index is 12.6. The molecule has 28 heavy (non-hydrogen) atoms. The van der Waals surface area contributed by atoms with Crippen LogP contribution in [0.1, 0.15) is 54.4 Å². The van der Waals surface area contributed by atoms with Gasteiger partial charge in [0.1, 0.15) is 17.1 Å². The number of carbonyl (C=O) groups is 4. The maximum Gasteiger partial charge on any atom is 0.341 e. The number of methoxy groups -OCH3 is 1. The van der Waals surface area contributed by atoms with E-state index in [1.165, 1.54) is 18.4 Å². The third kappa shape index (κ3) is 3.50. The summed E-state index contributed by atoms with van der Waals surface area (Å²) in [4.78, 5) is 51.4. The third-order valence-electron chi connectivity index (χ3n) is 5.51. The van der Waals surface area contributed by atoms with Crippen LogP contribution in [0.2, 0.25) is 0 Å². The number of rotatable bonds is 5. The first-order valence-electron chi connectivity index (χ1n) is 9.37. The van der Waals surface area contributed by atoms with E-state index in [4.69, 9.17) is 4.74 Å². The highest BCUT2D eigenvalue weighted by atomic mass is 32.1. The van der Waals surface area contributed by atoms with E-state index in [1.807, 2.05) is 0 Å². The van der Waals surface area contributed by atoms with Gasteiger partial charge >= 0.3 is 12.0 Å². The van der Waals surface area contributed by atoms with Gasteiger partial charge in [0, 0.05) is 4.88 Å². The molecule has 0 aromatic carbocycles. The highest BCUT2D eigenvalue weighted by Crippen LogP contribution is 2.40. The molecule has 8 nitrogen and oxygen atoms in total. The van der Waals surface area contributed by atoms with Crippen molar-refractivity contribution in [1.29, 1.82) is 0 Å². The van der Waals surface area contributed by atoms with Gasteiger partial charge in [-0.3, -0.25) is 14.5 Å².